The summed E-state index contributed by atoms with van der Waals surface area (Å²) >= 11 is 0. The largest absolute Gasteiger partial charge is 0.504 e. The molecule has 1 aliphatic rings. The van der Waals surface area contributed by atoms with Gasteiger partial charge in [-0.2, -0.15) is 0 Å². The second-order valence-electron chi connectivity index (χ2n) is 9.98. The van der Waals surface area contributed by atoms with E-state index in [0.717, 1.165) is 25.3 Å². The summed E-state index contributed by atoms with van der Waals surface area (Å²) in [5, 5.41) is 13.1. The highest BCUT2D eigenvalue weighted by atomic mass is 16.6. The van der Waals surface area contributed by atoms with Crippen molar-refractivity contribution in [3.8, 4) is 0 Å². The molecule has 1 rings (SSSR count). The van der Waals surface area contributed by atoms with Gasteiger partial charge in [0, 0.05) is 24.6 Å². The predicted molar refractivity (Wildman–Crippen MR) is 132 cm³/mol. The van der Waals surface area contributed by atoms with Crippen LogP contribution in [0.3, 0.4) is 0 Å². The van der Waals surface area contributed by atoms with Gasteiger partial charge in [0.15, 0.2) is 5.76 Å². The molecule has 0 aromatic rings. The fourth-order valence-corrected chi connectivity index (χ4v) is 3.86. The minimum Gasteiger partial charge on any atom is -0.504 e. The lowest BCUT2D eigenvalue weighted by Crippen LogP contribution is -2.29. The average molecular weight is 464 g/mol. The van der Waals surface area contributed by atoms with E-state index in [0.29, 0.717) is 19.4 Å². The number of hydrogen-bond acceptors (Lipinski definition) is 6. The van der Waals surface area contributed by atoms with Crippen LogP contribution >= 0.6 is 0 Å². The highest BCUT2D eigenvalue weighted by molar-refractivity contribution is 6.21. The van der Waals surface area contributed by atoms with E-state index in [1.807, 2.05) is 20.8 Å². The van der Waals surface area contributed by atoms with Crippen molar-refractivity contribution in [2.75, 3.05) is 6.54 Å². The number of carbonyl (C=O) groups excluding carboxylic acids is 3. The van der Waals surface area contributed by atoms with Crippen molar-refractivity contribution in [3.63, 3.8) is 0 Å². The maximum Gasteiger partial charge on any atom is 0.306 e. The lowest BCUT2D eigenvalue weighted by atomic mass is 9.93. The van der Waals surface area contributed by atoms with Gasteiger partial charge < -0.3 is 15.2 Å². The van der Waals surface area contributed by atoms with Crippen LogP contribution in [0.25, 0.3) is 0 Å². The third kappa shape index (κ3) is 12.6. The second-order valence-corrected chi connectivity index (χ2v) is 9.98. The molecule has 188 valence electrons. The molecule has 0 saturated carbocycles. The zero-order valence-corrected chi connectivity index (χ0v) is 21.3. The molecule has 0 atom stereocenters. The number of aliphatic hydroxyl groups excluding tert-OH is 1. The second kappa shape index (κ2) is 15.7. The zero-order valence-electron chi connectivity index (χ0n) is 21.3. The summed E-state index contributed by atoms with van der Waals surface area (Å²) < 4.78 is 5.26. The number of hydrogen-bond donors (Lipinski definition) is 2. The summed E-state index contributed by atoms with van der Waals surface area (Å²) in [5.74, 6) is -1.58. The van der Waals surface area contributed by atoms with Crippen LogP contribution in [0.5, 0.6) is 0 Å². The topological polar surface area (TPSA) is 92.7 Å². The Morgan fingerprint density at radius 3 is 2.00 bits per heavy atom. The third-order valence-electron chi connectivity index (χ3n) is 5.64. The molecular weight excluding hydrogens is 418 g/mol. The Hall–Kier alpha value is -2.11. The van der Waals surface area contributed by atoms with Crippen molar-refractivity contribution in [2.45, 2.75) is 123 Å². The number of allylic oxidation sites excluding steroid dienone is 2. The number of carbonyl (C=O) groups is 3. The molecule has 33 heavy (non-hydrogen) atoms. The molecule has 0 radical (unpaired) electrons. The SMILES string of the molecule is CCCCCCCCCCCCCC1=C(O)C(=O)C=C(NCCCC(=O)OC(C)(C)C)C1=O. The first-order chi connectivity index (χ1) is 15.7. The number of nitrogens with one attached hydrogen (secondary N) is 1. The van der Waals surface area contributed by atoms with Crippen LogP contribution in [-0.2, 0) is 19.1 Å². The monoisotopic (exact) mass is 463 g/mol. The molecule has 1 aliphatic carbocycles. The standard InChI is InChI=1S/C27H45NO5/c1-5-6-7-8-9-10-11-12-13-14-15-17-21-25(31)22(20-23(29)26(21)32)28-19-16-18-24(30)33-27(2,3)4/h20,28,32H,5-19H2,1-4H3. The van der Waals surface area contributed by atoms with E-state index >= 15 is 0 Å². The normalized spacial score (nSPS) is 14.5. The van der Waals surface area contributed by atoms with E-state index in [1.54, 1.807) is 0 Å². The number of Topliss-reactive ketones (excluding diaryl/α,β-unsaturated/α-hetero) is 1. The van der Waals surface area contributed by atoms with Crippen LogP contribution in [-0.4, -0.2) is 34.8 Å². The molecule has 0 heterocycles. The number of esters is 1. The van der Waals surface area contributed by atoms with Crippen molar-refractivity contribution in [1.82, 2.24) is 5.32 Å². The molecule has 0 aromatic carbocycles. The predicted octanol–water partition coefficient (Wildman–Crippen LogP) is 6.25. The van der Waals surface area contributed by atoms with Crippen LogP contribution in [0.2, 0.25) is 0 Å². The maximum atomic E-state index is 12.7. The summed E-state index contributed by atoms with van der Waals surface area (Å²) in [7, 11) is 0. The molecule has 0 spiro atoms. The molecule has 6 heteroatoms. The Morgan fingerprint density at radius 1 is 0.909 bits per heavy atom. The van der Waals surface area contributed by atoms with Gasteiger partial charge in [0.2, 0.25) is 11.6 Å². The number of rotatable bonds is 17. The average Bonchev–Trinajstić information content (AvgIpc) is 2.73. The lowest BCUT2D eigenvalue weighted by Gasteiger charge is -2.20. The summed E-state index contributed by atoms with van der Waals surface area (Å²) in [6.45, 7) is 8.05. The molecule has 0 saturated heterocycles. The van der Waals surface area contributed by atoms with Gasteiger partial charge in [0.25, 0.3) is 0 Å². The van der Waals surface area contributed by atoms with Gasteiger partial charge in [-0.15, -0.1) is 0 Å². The highest BCUT2D eigenvalue weighted by Crippen LogP contribution is 2.22. The third-order valence-corrected chi connectivity index (χ3v) is 5.64. The number of unbranched alkanes of at least 4 members (excludes halogenated alkanes) is 10. The highest BCUT2D eigenvalue weighted by Gasteiger charge is 2.27. The summed E-state index contributed by atoms with van der Waals surface area (Å²) in [5.41, 5.74) is -0.127. The maximum absolute atomic E-state index is 12.7. The van der Waals surface area contributed by atoms with Gasteiger partial charge >= 0.3 is 5.97 Å². The van der Waals surface area contributed by atoms with Crippen molar-refractivity contribution in [3.05, 3.63) is 23.1 Å². The van der Waals surface area contributed by atoms with E-state index in [-0.39, 0.29) is 29.4 Å². The van der Waals surface area contributed by atoms with Crippen LogP contribution in [0.1, 0.15) is 118 Å². The molecule has 2 N–H and O–H groups in total. The first-order valence-corrected chi connectivity index (χ1v) is 12.8. The number of aliphatic hydroxyl groups is 1. The van der Waals surface area contributed by atoms with Crippen LogP contribution < -0.4 is 5.32 Å². The van der Waals surface area contributed by atoms with Gasteiger partial charge in [-0.3, -0.25) is 14.4 Å². The van der Waals surface area contributed by atoms with Gasteiger partial charge in [-0.05, 0) is 40.0 Å². The molecular formula is C27H45NO5. The van der Waals surface area contributed by atoms with Gasteiger partial charge in [-0.25, -0.2) is 0 Å². The van der Waals surface area contributed by atoms with E-state index < -0.39 is 17.1 Å². The Balaban J connectivity index is 2.29. The van der Waals surface area contributed by atoms with E-state index in [4.69, 9.17) is 4.74 Å². The van der Waals surface area contributed by atoms with Crippen LogP contribution in [0.15, 0.2) is 23.1 Å². The van der Waals surface area contributed by atoms with E-state index in [9.17, 15) is 19.5 Å². The first kappa shape index (κ1) is 28.9. The van der Waals surface area contributed by atoms with Gasteiger partial charge in [0.05, 0.1) is 5.70 Å². The Kier molecular flexibility index (Phi) is 13.7. The Bertz CT molecular complexity index is 700. The molecule has 0 aliphatic heterocycles. The fraction of sp³-hybridized carbons (Fsp3) is 0.741. The van der Waals surface area contributed by atoms with E-state index in [2.05, 4.69) is 12.2 Å². The van der Waals surface area contributed by atoms with Crippen molar-refractivity contribution >= 4 is 17.5 Å². The molecule has 0 unspecified atom stereocenters. The summed E-state index contributed by atoms with van der Waals surface area (Å²) in [4.78, 5) is 36.6. The number of ketones is 2. The zero-order chi connectivity index (χ0) is 24.7. The lowest BCUT2D eigenvalue weighted by molar-refractivity contribution is -0.154. The smallest absolute Gasteiger partial charge is 0.306 e. The molecule has 0 bridgehead atoms. The molecule has 6 nitrogen and oxygen atoms in total. The van der Waals surface area contributed by atoms with Gasteiger partial charge in [-0.1, -0.05) is 71.1 Å². The van der Waals surface area contributed by atoms with Crippen molar-refractivity contribution in [2.24, 2.45) is 0 Å². The van der Waals surface area contributed by atoms with Crippen LogP contribution in [0.4, 0.5) is 0 Å². The molecule has 0 amide bonds. The van der Waals surface area contributed by atoms with Crippen molar-refractivity contribution < 1.29 is 24.2 Å². The minimum atomic E-state index is -0.540. The molecule has 0 fully saturated rings. The van der Waals surface area contributed by atoms with Crippen LogP contribution in [0, 0.1) is 0 Å². The minimum absolute atomic E-state index is 0.195. The first-order valence-electron chi connectivity index (χ1n) is 12.8. The molecule has 0 aromatic heterocycles. The quantitative estimate of drug-likeness (QED) is 0.150. The summed E-state index contributed by atoms with van der Waals surface area (Å²) in [6.07, 6.45) is 15.5. The van der Waals surface area contributed by atoms with Crippen molar-refractivity contribution in [1.29, 1.82) is 0 Å². The Labute approximate surface area is 200 Å². The number of ether oxygens (including phenoxy) is 1. The van der Waals surface area contributed by atoms with Gasteiger partial charge in [0.1, 0.15) is 5.60 Å². The van der Waals surface area contributed by atoms with E-state index in [1.165, 1.54) is 51.4 Å². The summed E-state index contributed by atoms with van der Waals surface area (Å²) in [6, 6.07) is 0. The Morgan fingerprint density at radius 2 is 1.45 bits per heavy atom. The fourth-order valence-electron chi connectivity index (χ4n) is 3.86.